The van der Waals surface area contributed by atoms with Gasteiger partial charge >= 0.3 is 0 Å². The van der Waals surface area contributed by atoms with Crippen molar-refractivity contribution in [3.8, 4) is 0 Å². The first-order valence-corrected chi connectivity index (χ1v) is 5.24. The molecule has 1 aromatic heterocycles. The van der Waals surface area contributed by atoms with Crippen LogP contribution in [-0.2, 0) is 0 Å². The van der Waals surface area contributed by atoms with Crippen LogP contribution < -0.4 is 5.43 Å². The van der Waals surface area contributed by atoms with Crippen LogP contribution in [0.25, 0.3) is 0 Å². The van der Waals surface area contributed by atoms with Crippen molar-refractivity contribution in [2.24, 2.45) is 5.10 Å². The minimum atomic E-state index is -2.21. The van der Waals surface area contributed by atoms with E-state index in [-0.39, 0.29) is 5.82 Å². The average Bonchev–Trinajstić information content (AvgIpc) is 2.48. The van der Waals surface area contributed by atoms with Gasteiger partial charge in [0.15, 0.2) is 23.3 Å². The first-order chi connectivity index (χ1) is 9.52. The number of nitrogens with one attached hydrogen (secondary N) is 1. The molecule has 104 valence electrons. The zero-order valence-electron chi connectivity index (χ0n) is 9.67. The third-order valence-electron chi connectivity index (χ3n) is 2.28. The van der Waals surface area contributed by atoms with Crippen LogP contribution in [0.1, 0.15) is 5.56 Å². The zero-order valence-corrected chi connectivity index (χ0v) is 9.67. The molecule has 2 aromatic rings. The first kappa shape index (κ1) is 13.9. The zero-order chi connectivity index (χ0) is 14.7. The maximum absolute atomic E-state index is 13.3. The summed E-state index contributed by atoms with van der Waals surface area (Å²) >= 11 is 0. The maximum Gasteiger partial charge on any atom is 0.200 e. The lowest BCUT2D eigenvalue weighted by atomic mass is 10.2. The summed E-state index contributed by atoms with van der Waals surface area (Å²) in [4.78, 5) is 3.78. The highest BCUT2D eigenvalue weighted by atomic mass is 19.2. The predicted molar refractivity (Wildman–Crippen MR) is 61.7 cm³/mol. The van der Waals surface area contributed by atoms with Gasteiger partial charge in [0.1, 0.15) is 5.82 Å². The van der Waals surface area contributed by atoms with Crippen LogP contribution in [0.15, 0.2) is 29.5 Å². The molecule has 0 spiro atoms. The number of nitrogens with zero attached hydrogens (tertiary/aromatic N) is 2. The van der Waals surface area contributed by atoms with Crippen LogP contribution in [0.4, 0.5) is 27.8 Å². The number of hydrogen-bond donors (Lipinski definition) is 1. The molecule has 0 saturated carbocycles. The molecule has 0 atom stereocenters. The molecule has 0 saturated heterocycles. The number of rotatable bonds is 3. The highest BCUT2D eigenvalue weighted by molar-refractivity contribution is 5.81. The van der Waals surface area contributed by atoms with Gasteiger partial charge in [-0.3, -0.25) is 5.43 Å². The van der Waals surface area contributed by atoms with Gasteiger partial charge in [-0.05, 0) is 12.1 Å². The van der Waals surface area contributed by atoms with Crippen molar-refractivity contribution >= 4 is 12.0 Å². The van der Waals surface area contributed by atoms with Crippen LogP contribution in [0.2, 0.25) is 0 Å². The fourth-order valence-electron chi connectivity index (χ4n) is 1.33. The third-order valence-corrected chi connectivity index (χ3v) is 2.28. The number of anilines is 1. The van der Waals surface area contributed by atoms with Gasteiger partial charge in [0, 0.05) is 6.20 Å². The van der Waals surface area contributed by atoms with Crippen molar-refractivity contribution in [1.29, 1.82) is 0 Å². The Morgan fingerprint density at radius 3 is 2.05 bits per heavy atom. The molecule has 0 aliphatic carbocycles. The summed E-state index contributed by atoms with van der Waals surface area (Å²) in [5, 5.41) is 3.37. The van der Waals surface area contributed by atoms with E-state index in [9.17, 15) is 22.0 Å². The van der Waals surface area contributed by atoms with Gasteiger partial charge in [0.05, 0.1) is 11.8 Å². The Labute approximate surface area is 109 Å². The molecule has 0 aliphatic rings. The summed E-state index contributed by atoms with van der Waals surface area (Å²) in [6, 6.07) is 4.73. The SMILES string of the molecule is Fc1c(F)c(F)c(/C=N/Nc2ccccn2)c(F)c1F. The van der Waals surface area contributed by atoms with Crippen LogP contribution >= 0.6 is 0 Å². The van der Waals surface area contributed by atoms with Gasteiger partial charge in [0.25, 0.3) is 0 Å². The van der Waals surface area contributed by atoms with E-state index in [1.165, 1.54) is 12.3 Å². The van der Waals surface area contributed by atoms with E-state index in [1.807, 2.05) is 0 Å². The van der Waals surface area contributed by atoms with E-state index in [4.69, 9.17) is 0 Å². The van der Waals surface area contributed by atoms with Crippen molar-refractivity contribution < 1.29 is 22.0 Å². The molecule has 0 amide bonds. The fourth-order valence-corrected chi connectivity index (χ4v) is 1.33. The largest absolute Gasteiger partial charge is 0.261 e. The summed E-state index contributed by atoms with van der Waals surface area (Å²) in [6.45, 7) is 0. The van der Waals surface area contributed by atoms with E-state index in [0.29, 0.717) is 6.21 Å². The molecule has 0 radical (unpaired) electrons. The van der Waals surface area contributed by atoms with Gasteiger partial charge in [0.2, 0.25) is 5.82 Å². The lowest BCUT2D eigenvalue weighted by molar-refractivity contribution is 0.377. The molecule has 0 fully saturated rings. The van der Waals surface area contributed by atoms with Crippen LogP contribution in [0.3, 0.4) is 0 Å². The Balaban J connectivity index is 2.30. The Hall–Kier alpha value is -2.51. The average molecular weight is 287 g/mol. The Morgan fingerprint density at radius 2 is 1.50 bits per heavy atom. The van der Waals surface area contributed by atoms with Gasteiger partial charge in [-0.25, -0.2) is 26.9 Å². The molecule has 0 aliphatic heterocycles. The molecule has 8 heteroatoms. The number of benzene rings is 1. The monoisotopic (exact) mass is 287 g/mol. The Bertz CT molecular complexity index is 629. The number of hydrogen-bond acceptors (Lipinski definition) is 3. The smallest absolute Gasteiger partial charge is 0.200 e. The fraction of sp³-hybridized carbons (Fsp3) is 0. The highest BCUT2D eigenvalue weighted by Crippen LogP contribution is 2.21. The topological polar surface area (TPSA) is 37.3 Å². The molecule has 1 aromatic carbocycles. The standard InChI is InChI=1S/C12H6F5N3/c13-8-6(9(14)11(16)12(17)10(8)15)5-19-20-7-3-1-2-4-18-7/h1-5H,(H,18,20)/b19-5+. The van der Waals surface area contributed by atoms with Gasteiger partial charge in [-0.15, -0.1) is 0 Å². The van der Waals surface area contributed by atoms with E-state index < -0.39 is 34.6 Å². The molecule has 2 rings (SSSR count). The molecule has 1 N–H and O–H groups in total. The van der Waals surface area contributed by atoms with Crippen LogP contribution in [0, 0.1) is 29.1 Å². The van der Waals surface area contributed by atoms with Gasteiger partial charge < -0.3 is 0 Å². The first-order valence-electron chi connectivity index (χ1n) is 5.24. The van der Waals surface area contributed by atoms with Crippen molar-refractivity contribution in [1.82, 2.24) is 4.98 Å². The second kappa shape index (κ2) is 5.64. The Kier molecular flexibility index (Phi) is 3.92. The van der Waals surface area contributed by atoms with Crippen LogP contribution in [-0.4, -0.2) is 11.2 Å². The maximum atomic E-state index is 13.3. The molecule has 1 heterocycles. The summed E-state index contributed by atoms with van der Waals surface area (Å²) in [5.41, 5.74) is 1.15. The lowest BCUT2D eigenvalue weighted by Gasteiger charge is -2.04. The summed E-state index contributed by atoms with van der Waals surface area (Å²) in [6.07, 6.45) is 1.92. The molecule has 0 unspecified atom stereocenters. The predicted octanol–water partition coefficient (Wildman–Crippen LogP) is 3.22. The quantitative estimate of drug-likeness (QED) is 0.309. The van der Waals surface area contributed by atoms with Crippen LogP contribution in [0.5, 0.6) is 0 Å². The minimum absolute atomic E-state index is 0.243. The summed E-state index contributed by atoms with van der Waals surface area (Å²) in [5.74, 6) is -9.92. The van der Waals surface area contributed by atoms with E-state index in [2.05, 4.69) is 15.5 Å². The van der Waals surface area contributed by atoms with Crippen molar-refractivity contribution in [3.63, 3.8) is 0 Å². The van der Waals surface area contributed by atoms with Gasteiger partial charge in [-0.2, -0.15) is 5.10 Å². The van der Waals surface area contributed by atoms with Crippen molar-refractivity contribution in [3.05, 3.63) is 59.0 Å². The number of halogens is 5. The second-order valence-electron chi connectivity index (χ2n) is 3.57. The third kappa shape index (κ3) is 2.58. The minimum Gasteiger partial charge on any atom is -0.261 e. The molecular weight excluding hydrogens is 281 g/mol. The van der Waals surface area contributed by atoms with Crippen molar-refractivity contribution in [2.45, 2.75) is 0 Å². The highest BCUT2D eigenvalue weighted by Gasteiger charge is 2.24. The summed E-state index contributed by atoms with van der Waals surface area (Å²) in [7, 11) is 0. The molecule has 3 nitrogen and oxygen atoms in total. The second-order valence-corrected chi connectivity index (χ2v) is 3.57. The molecule has 20 heavy (non-hydrogen) atoms. The number of pyridine rings is 1. The van der Waals surface area contributed by atoms with E-state index >= 15 is 0 Å². The number of aromatic nitrogens is 1. The van der Waals surface area contributed by atoms with E-state index in [0.717, 1.165) is 0 Å². The summed E-state index contributed by atoms with van der Waals surface area (Å²) < 4.78 is 65.1. The lowest BCUT2D eigenvalue weighted by Crippen LogP contribution is -2.07. The number of hydrazone groups is 1. The normalized spacial score (nSPS) is 11.1. The van der Waals surface area contributed by atoms with Crippen molar-refractivity contribution in [2.75, 3.05) is 5.43 Å². The molecular formula is C12H6F5N3. The van der Waals surface area contributed by atoms with E-state index in [1.54, 1.807) is 12.1 Å². The van der Waals surface area contributed by atoms with Gasteiger partial charge in [-0.1, -0.05) is 6.07 Å². The molecule has 0 bridgehead atoms. The Morgan fingerprint density at radius 1 is 0.900 bits per heavy atom.